The Morgan fingerprint density at radius 3 is 2.08 bits per heavy atom. The molecule has 2 nitrogen and oxygen atoms in total. The molecule has 3 atom stereocenters. The summed E-state index contributed by atoms with van der Waals surface area (Å²) in [5, 5.41) is 9.92. The van der Waals surface area contributed by atoms with Crippen molar-refractivity contribution in [3.05, 3.63) is 0 Å². The van der Waals surface area contributed by atoms with Crippen LogP contribution < -0.4 is 0 Å². The van der Waals surface area contributed by atoms with Crippen LogP contribution in [0, 0.1) is 17.3 Å². The van der Waals surface area contributed by atoms with E-state index in [9.17, 15) is 5.11 Å². The fraction of sp³-hybridized carbons (Fsp3) is 1.00. The van der Waals surface area contributed by atoms with E-state index in [0.29, 0.717) is 11.3 Å². The highest BCUT2D eigenvalue weighted by Gasteiger charge is 2.67. The largest absolute Gasteiger partial charge is 0.412 e. The molecule has 2 fully saturated rings. The van der Waals surface area contributed by atoms with Gasteiger partial charge in [-0.15, -0.1) is 0 Å². The summed E-state index contributed by atoms with van der Waals surface area (Å²) in [6, 6.07) is 0. The summed E-state index contributed by atoms with van der Waals surface area (Å²) >= 11 is 0. The lowest BCUT2D eigenvalue weighted by atomic mass is 9.90. The Morgan fingerprint density at radius 1 is 1.33 bits per heavy atom. The zero-order valence-electron chi connectivity index (χ0n) is 8.22. The van der Waals surface area contributed by atoms with E-state index in [1.54, 1.807) is 0 Å². The van der Waals surface area contributed by atoms with Crippen molar-refractivity contribution in [1.82, 2.24) is 0 Å². The van der Waals surface area contributed by atoms with Crippen molar-refractivity contribution < 1.29 is 10.6 Å². The highest BCUT2D eigenvalue weighted by molar-refractivity contribution is 5.16. The first-order valence-electron chi connectivity index (χ1n) is 4.71. The average Bonchev–Trinajstić information content (AvgIpc) is 2.54. The van der Waals surface area contributed by atoms with Crippen molar-refractivity contribution in [3.8, 4) is 0 Å². The third-order valence-corrected chi connectivity index (χ3v) is 4.12. The molecule has 0 aromatic heterocycles. The third kappa shape index (κ3) is 1.01. The molecule has 72 valence electrons. The highest BCUT2D eigenvalue weighted by atomic mass is 16.3. The van der Waals surface area contributed by atoms with Crippen molar-refractivity contribution in [1.29, 1.82) is 0 Å². The maximum absolute atomic E-state index is 9.92. The van der Waals surface area contributed by atoms with Crippen LogP contribution >= 0.6 is 0 Å². The van der Waals surface area contributed by atoms with Gasteiger partial charge in [0.15, 0.2) is 0 Å². The Morgan fingerprint density at radius 2 is 1.92 bits per heavy atom. The monoisotopic (exact) mass is 172 g/mol. The van der Waals surface area contributed by atoms with Crippen molar-refractivity contribution >= 4 is 0 Å². The molecule has 2 aliphatic carbocycles. The minimum absolute atomic E-state index is 0. The van der Waals surface area contributed by atoms with Crippen LogP contribution in [0.15, 0.2) is 0 Å². The molecule has 2 rings (SSSR count). The summed E-state index contributed by atoms with van der Waals surface area (Å²) in [5.74, 6) is 1.39. The van der Waals surface area contributed by atoms with Crippen LogP contribution in [0.3, 0.4) is 0 Å². The summed E-state index contributed by atoms with van der Waals surface area (Å²) < 4.78 is 0. The van der Waals surface area contributed by atoms with Gasteiger partial charge in [-0.3, -0.25) is 0 Å². The lowest BCUT2D eigenvalue weighted by Crippen LogP contribution is -2.23. The molecule has 2 aliphatic rings. The molecule has 0 aromatic rings. The molecule has 0 spiro atoms. The zero-order valence-corrected chi connectivity index (χ0v) is 8.22. The molecule has 2 saturated carbocycles. The molecule has 0 amide bonds. The lowest BCUT2D eigenvalue weighted by molar-refractivity contribution is 0.0426. The van der Waals surface area contributed by atoms with E-state index >= 15 is 0 Å². The van der Waals surface area contributed by atoms with Gasteiger partial charge >= 0.3 is 0 Å². The van der Waals surface area contributed by atoms with E-state index in [0.717, 1.165) is 12.3 Å². The molecule has 0 bridgehead atoms. The molecular weight excluding hydrogens is 152 g/mol. The van der Waals surface area contributed by atoms with Crippen LogP contribution in [0.4, 0.5) is 0 Å². The smallest absolute Gasteiger partial charge is 0.0653 e. The standard InChI is InChI=1S/C10H18O.H2O/c1-7(2)10-5-4-9(3,11)8(10)6-10;/h7-8,11H,4-6H2,1-3H3;1H2. The molecule has 0 radical (unpaired) electrons. The van der Waals surface area contributed by atoms with Gasteiger partial charge in [0, 0.05) is 0 Å². The van der Waals surface area contributed by atoms with Crippen LogP contribution in [0.1, 0.15) is 40.0 Å². The molecule has 3 unspecified atom stereocenters. The third-order valence-electron chi connectivity index (χ3n) is 4.12. The fourth-order valence-corrected chi connectivity index (χ4v) is 3.02. The predicted molar refractivity (Wildman–Crippen MR) is 48.8 cm³/mol. The summed E-state index contributed by atoms with van der Waals surface area (Å²) in [6.45, 7) is 6.59. The number of fused-ring (bicyclic) bond motifs is 1. The van der Waals surface area contributed by atoms with E-state index in [2.05, 4.69) is 13.8 Å². The van der Waals surface area contributed by atoms with Gasteiger partial charge in [0.05, 0.1) is 5.60 Å². The van der Waals surface area contributed by atoms with Gasteiger partial charge in [-0.05, 0) is 43.4 Å². The maximum atomic E-state index is 9.92. The Labute approximate surface area is 74.3 Å². The first-order chi connectivity index (χ1) is 4.99. The Balaban J connectivity index is 0.000000720. The minimum atomic E-state index is -0.329. The number of rotatable bonds is 1. The summed E-state index contributed by atoms with van der Waals surface area (Å²) in [7, 11) is 0. The van der Waals surface area contributed by atoms with Gasteiger partial charge in [-0.2, -0.15) is 0 Å². The fourth-order valence-electron chi connectivity index (χ4n) is 3.02. The van der Waals surface area contributed by atoms with Gasteiger partial charge < -0.3 is 10.6 Å². The molecule has 0 saturated heterocycles. The Kier molecular flexibility index (Phi) is 2.05. The van der Waals surface area contributed by atoms with E-state index < -0.39 is 0 Å². The Bertz CT molecular complexity index is 186. The van der Waals surface area contributed by atoms with E-state index in [-0.39, 0.29) is 11.1 Å². The van der Waals surface area contributed by atoms with Crippen LogP contribution in [-0.4, -0.2) is 16.2 Å². The first-order valence-corrected chi connectivity index (χ1v) is 4.71. The van der Waals surface area contributed by atoms with Crippen LogP contribution in [0.25, 0.3) is 0 Å². The molecule has 0 aliphatic heterocycles. The van der Waals surface area contributed by atoms with Gasteiger partial charge in [0.1, 0.15) is 0 Å². The van der Waals surface area contributed by atoms with Crippen molar-refractivity contribution in [3.63, 3.8) is 0 Å². The number of aliphatic hydroxyl groups is 1. The second kappa shape index (κ2) is 2.46. The minimum Gasteiger partial charge on any atom is -0.412 e. The predicted octanol–water partition coefficient (Wildman–Crippen LogP) is 1.37. The molecule has 12 heavy (non-hydrogen) atoms. The summed E-state index contributed by atoms with van der Waals surface area (Å²) in [5.41, 5.74) is 0.216. The molecule has 0 heterocycles. The van der Waals surface area contributed by atoms with Gasteiger partial charge in [0.2, 0.25) is 0 Å². The second-order valence-corrected chi connectivity index (χ2v) is 5.00. The van der Waals surface area contributed by atoms with E-state index in [1.165, 1.54) is 12.8 Å². The average molecular weight is 172 g/mol. The van der Waals surface area contributed by atoms with Crippen LogP contribution in [0.2, 0.25) is 0 Å². The van der Waals surface area contributed by atoms with E-state index in [4.69, 9.17) is 0 Å². The van der Waals surface area contributed by atoms with Crippen molar-refractivity contribution in [2.45, 2.75) is 45.6 Å². The molecule has 2 heteroatoms. The lowest BCUT2D eigenvalue weighted by Gasteiger charge is -2.17. The van der Waals surface area contributed by atoms with Crippen molar-refractivity contribution in [2.24, 2.45) is 17.3 Å². The normalized spacial score (nSPS) is 50.2. The maximum Gasteiger partial charge on any atom is 0.0653 e. The van der Waals surface area contributed by atoms with Crippen molar-refractivity contribution in [2.75, 3.05) is 0 Å². The summed E-state index contributed by atoms with van der Waals surface area (Å²) in [6.07, 6.45) is 3.55. The number of hydrogen-bond donors (Lipinski definition) is 1. The van der Waals surface area contributed by atoms with Gasteiger partial charge in [0.25, 0.3) is 0 Å². The second-order valence-electron chi connectivity index (χ2n) is 5.00. The molecule has 3 N–H and O–H groups in total. The van der Waals surface area contributed by atoms with Crippen LogP contribution in [-0.2, 0) is 0 Å². The van der Waals surface area contributed by atoms with Crippen LogP contribution in [0.5, 0.6) is 0 Å². The first kappa shape index (κ1) is 10.0. The van der Waals surface area contributed by atoms with Gasteiger partial charge in [-0.1, -0.05) is 13.8 Å². The number of hydrogen-bond acceptors (Lipinski definition) is 1. The van der Waals surface area contributed by atoms with E-state index in [1.807, 2.05) is 6.92 Å². The topological polar surface area (TPSA) is 51.7 Å². The highest BCUT2D eigenvalue weighted by Crippen LogP contribution is 2.70. The zero-order chi connectivity index (χ0) is 8.28. The quantitative estimate of drug-likeness (QED) is 0.638. The van der Waals surface area contributed by atoms with Gasteiger partial charge in [-0.25, -0.2) is 0 Å². The summed E-state index contributed by atoms with van der Waals surface area (Å²) in [4.78, 5) is 0. The Hall–Kier alpha value is -0.0800. The molecule has 0 aromatic carbocycles. The molecular formula is C10H20O2. The SMILES string of the molecule is CC(C)C12CCC(C)(O)C1C2.O.